The minimum atomic E-state index is -0.000883. The van der Waals surface area contributed by atoms with E-state index in [9.17, 15) is 4.79 Å². The largest absolute Gasteiger partial charge is 0.497 e. The van der Waals surface area contributed by atoms with Gasteiger partial charge in [-0.15, -0.1) is 0 Å². The SMILES string of the molecule is COc1ccc(OC)c(CNC(=O)CCN2CCCCO2)c1. The van der Waals surface area contributed by atoms with Gasteiger partial charge in [0.05, 0.1) is 20.8 Å². The fourth-order valence-corrected chi connectivity index (χ4v) is 2.35. The molecule has 0 bridgehead atoms. The first-order valence-corrected chi connectivity index (χ1v) is 7.58. The van der Waals surface area contributed by atoms with Crippen LogP contribution in [-0.4, -0.2) is 44.9 Å². The van der Waals surface area contributed by atoms with E-state index in [4.69, 9.17) is 14.3 Å². The third kappa shape index (κ3) is 4.89. The lowest BCUT2D eigenvalue weighted by atomic mass is 10.2. The minimum absolute atomic E-state index is 0.000883. The summed E-state index contributed by atoms with van der Waals surface area (Å²) in [5.74, 6) is 1.48. The van der Waals surface area contributed by atoms with Crippen LogP contribution in [-0.2, 0) is 16.2 Å². The van der Waals surface area contributed by atoms with E-state index in [0.717, 1.165) is 43.1 Å². The van der Waals surface area contributed by atoms with E-state index < -0.39 is 0 Å². The zero-order chi connectivity index (χ0) is 15.8. The Labute approximate surface area is 131 Å². The quantitative estimate of drug-likeness (QED) is 0.831. The van der Waals surface area contributed by atoms with Crippen LogP contribution >= 0.6 is 0 Å². The van der Waals surface area contributed by atoms with Gasteiger partial charge in [-0.2, -0.15) is 5.06 Å². The molecule has 1 N–H and O–H groups in total. The Morgan fingerprint density at radius 3 is 2.86 bits per heavy atom. The van der Waals surface area contributed by atoms with E-state index in [1.54, 1.807) is 14.2 Å². The van der Waals surface area contributed by atoms with Gasteiger partial charge in [0, 0.05) is 31.6 Å². The van der Waals surface area contributed by atoms with Gasteiger partial charge in [0.15, 0.2) is 0 Å². The maximum Gasteiger partial charge on any atom is 0.221 e. The Morgan fingerprint density at radius 2 is 2.18 bits per heavy atom. The second-order valence-electron chi connectivity index (χ2n) is 5.17. The highest BCUT2D eigenvalue weighted by atomic mass is 16.7. The van der Waals surface area contributed by atoms with Crippen molar-refractivity contribution in [3.63, 3.8) is 0 Å². The molecule has 122 valence electrons. The first-order chi connectivity index (χ1) is 10.7. The molecule has 1 fully saturated rings. The number of hydrogen-bond acceptors (Lipinski definition) is 5. The Bertz CT molecular complexity index is 487. The predicted molar refractivity (Wildman–Crippen MR) is 82.8 cm³/mol. The normalized spacial score (nSPS) is 15.4. The molecule has 0 radical (unpaired) electrons. The van der Waals surface area contributed by atoms with Gasteiger partial charge in [0.1, 0.15) is 11.5 Å². The molecule has 22 heavy (non-hydrogen) atoms. The van der Waals surface area contributed by atoms with Crippen molar-refractivity contribution in [3.05, 3.63) is 23.8 Å². The van der Waals surface area contributed by atoms with Crippen molar-refractivity contribution in [2.24, 2.45) is 0 Å². The van der Waals surface area contributed by atoms with Crippen LogP contribution in [0.5, 0.6) is 11.5 Å². The van der Waals surface area contributed by atoms with Crippen molar-refractivity contribution in [2.75, 3.05) is 33.9 Å². The van der Waals surface area contributed by atoms with E-state index in [0.29, 0.717) is 19.5 Å². The molecule has 1 aliphatic rings. The number of ether oxygens (including phenoxy) is 2. The van der Waals surface area contributed by atoms with Gasteiger partial charge in [-0.25, -0.2) is 0 Å². The number of hydrogen-bond donors (Lipinski definition) is 1. The van der Waals surface area contributed by atoms with E-state index in [1.807, 2.05) is 23.3 Å². The average molecular weight is 308 g/mol. The van der Waals surface area contributed by atoms with Crippen molar-refractivity contribution in [1.82, 2.24) is 10.4 Å². The molecule has 2 rings (SSSR count). The van der Waals surface area contributed by atoms with E-state index in [2.05, 4.69) is 5.32 Å². The molecule has 0 aromatic heterocycles. The number of carbonyl (C=O) groups excluding carboxylic acids is 1. The van der Waals surface area contributed by atoms with Crippen molar-refractivity contribution in [2.45, 2.75) is 25.8 Å². The van der Waals surface area contributed by atoms with Gasteiger partial charge in [0.2, 0.25) is 5.91 Å². The number of methoxy groups -OCH3 is 2. The molecule has 1 aliphatic heterocycles. The second-order valence-corrected chi connectivity index (χ2v) is 5.17. The van der Waals surface area contributed by atoms with E-state index in [-0.39, 0.29) is 5.91 Å². The molecule has 0 atom stereocenters. The third-order valence-electron chi connectivity index (χ3n) is 3.63. The highest BCUT2D eigenvalue weighted by molar-refractivity contribution is 5.76. The van der Waals surface area contributed by atoms with Gasteiger partial charge in [-0.1, -0.05) is 0 Å². The van der Waals surface area contributed by atoms with Crippen LogP contribution in [0, 0.1) is 0 Å². The topological polar surface area (TPSA) is 60.0 Å². The van der Waals surface area contributed by atoms with Crippen LogP contribution in [0.3, 0.4) is 0 Å². The number of carbonyl (C=O) groups is 1. The van der Waals surface area contributed by atoms with Gasteiger partial charge in [-0.05, 0) is 31.0 Å². The average Bonchev–Trinajstić information content (AvgIpc) is 2.58. The zero-order valence-corrected chi connectivity index (χ0v) is 13.3. The third-order valence-corrected chi connectivity index (χ3v) is 3.63. The first kappa shape index (κ1) is 16.6. The summed E-state index contributed by atoms with van der Waals surface area (Å²) < 4.78 is 10.5. The molecule has 6 nitrogen and oxygen atoms in total. The summed E-state index contributed by atoms with van der Waals surface area (Å²) in [6, 6.07) is 5.53. The predicted octanol–water partition coefficient (Wildman–Crippen LogP) is 1.74. The molecule has 0 unspecified atom stereocenters. The second kappa shape index (κ2) is 8.60. The van der Waals surface area contributed by atoms with Crippen LogP contribution in [0.15, 0.2) is 18.2 Å². The highest BCUT2D eigenvalue weighted by Crippen LogP contribution is 2.23. The molecule has 0 aliphatic carbocycles. The monoisotopic (exact) mass is 308 g/mol. The molecule has 1 aromatic carbocycles. The smallest absolute Gasteiger partial charge is 0.221 e. The molecule has 1 amide bonds. The summed E-state index contributed by atoms with van der Waals surface area (Å²) >= 11 is 0. The van der Waals surface area contributed by atoms with Crippen molar-refractivity contribution in [3.8, 4) is 11.5 Å². The standard InChI is InChI=1S/C16H24N2O4/c1-20-14-5-6-15(21-2)13(11-14)12-17-16(19)7-9-18-8-3-4-10-22-18/h5-6,11H,3-4,7-10,12H2,1-2H3,(H,17,19). The van der Waals surface area contributed by atoms with E-state index in [1.165, 1.54) is 0 Å². The molecule has 6 heteroatoms. The fraction of sp³-hybridized carbons (Fsp3) is 0.562. The first-order valence-electron chi connectivity index (χ1n) is 7.58. The van der Waals surface area contributed by atoms with Crippen molar-refractivity contribution < 1.29 is 19.1 Å². The summed E-state index contributed by atoms with van der Waals surface area (Å²) in [7, 11) is 3.23. The summed E-state index contributed by atoms with van der Waals surface area (Å²) in [6.45, 7) is 2.70. The number of nitrogens with zero attached hydrogens (tertiary/aromatic N) is 1. The van der Waals surface area contributed by atoms with Gasteiger partial charge in [0.25, 0.3) is 0 Å². The maximum absolute atomic E-state index is 11.9. The summed E-state index contributed by atoms with van der Waals surface area (Å²) in [5, 5.41) is 4.78. The molecule has 0 saturated carbocycles. The van der Waals surface area contributed by atoms with E-state index >= 15 is 0 Å². The number of hydroxylamine groups is 2. The van der Waals surface area contributed by atoms with Crippen LogP contribution in [0.2, 0.25) is 0 Å². The fourth-order valence-electron chi connectivity index (χ4n) is 2.35. The van der Waals surface area contributed by atoms with Crippen LogP contribution in [0.25, 0.3) is 0 Å². The number of nitrogens with one attached hydrogen (secondary N) is 1. The Hall–Kier alpha value is -1.79. The molecule has 1 heterocycles. The minimum Gasteiger partial charge on any atom is -0.497 e. The lowest BCUT2D eigenvalue weighted by Crippen LogP contribution is -2.34. The molecular weight excluding hydrogens is 284 g/mol. The van der Waals surface area contributed by atoms with Gasteiger partial charge >= 0.3 is 0 Å². The molecule has 0 spiro atoms. The molecule has 1 saturated heterocycles. The van der Waals surface area contributed by atoms with Gasteiger partial charge < -0.3 is 14.8 Å². The molecular formula is C16H24N2O4. The zero-order valence-electron chi connectivity index (χ0n) is 13.3. The van der Waals surface area contributed by atoms with Crippen LogP contribution in [0.1, 0.15) is 24.8 Å². The highest BCUT2D eigenvalue weighted by Gasteiger charge is 2.13. The number of amides is 1. The Morgan fingerprint density at radius 1 is 1.32 bits per heavy atom. The van der Waals surface area contributed by atoms with Gasteiger partial charge in [-0.3, -0.25) is 9.63 Å². The van der Waals surface area contributed by atoms with Crippen molar-refractivity contribution in [1.29, 1.82) is 0 Å². The molecule has 1 aromatic rings. The summed E-state index contributed by atoms with van der Waals surface area (Å²) in [4.78, 5) is 17.4. The Kier molecular flexibility index (Phi) is 6.48. The lowest BCUT2D eigenvalue weighted by molar-refractivity contribution is -0.181. The lowest BCUT2D eigenvalue weighted by Gasteiger charge is -2.25. The number of benzene rings is 1. The summed E-state index contributed by atoms with van der Waals surface area (Å²) in [5.41, 5.74) is 0.893. The van der Waals surface area contributed by atoms with Crippen LogP contribution < -0.4 is 14.8 Å². The van der Waals surface area contributed by atoms with Crippen molar-refractivity contribution >= 4 is 5.91 Å². The summed E-state index contributed by atoms with van der Waals surface area (Å²) in [6.07, 6.45) is 2.65. The number of rotatable bonds is 7. The maximum atomic E-state index is 11.9. The van der Waals surface area contributed by atoms with Crippen LogP contribution in [0.4, 0.5) is 0 Å². The Balaban J connectivity index is 1.80.